The predicted octanol–water partition coefficient (Wildman–Crippen LogP) is 0.611. The number of likely N-dealkylation sites (N-methyl/N-ethyl adjacent to an activating group) is 1. The van der Waals surface area contributed by atoms with E-state index in [4.69, 9.17) is 4.74 Å². The molecule has 1 aromatic rings. The maximum atomic E-state index is 12.5. The van der Waals surface area contributed by atoms with E-state index in [1.165, 1.54) is 0 Å². The number of nitrogens with one attached hydrogen (secondary N) is 4. The molecule has 0 saturated heterocycles. The lowest BCUT2D eigenvalue weighted by molar-refractivity contribution is -0.866. The van der Waals surface area contributed by atoms with Crippen molar-refractivity contribution < 1.29 is 24.0 Å². The van der Waals surface area contributed by atoms with Crippen LogP contribution in [-0.2, 0) is 20.7 Å². The molecule has 1 aromatic carbocycles. The lowest BCUT2D eigenvalue weighted by atomic mass is 10.00. The maximum absolute atomic E-state index is 12.5. The Hall–Kier alpha value is -2.87. The number of hydrogen-bond acceptors (Lipinski definition) is 4. The Bertz CT molecular complexity index is 791. The molecule has 3 amide bonds. The average molecular weight is 404 g/mol. The Morgan fingerprint density at radius 2 is 1.93 bits per heavy atom. The van der Waals surface area contributed by atoms with Crippen molar-refractivity contribution in [3.63, 3.8) is 0 Å². The van der Waals surface area contributed by atoms with Crippen LogP contribution < -0.4 is 20.9 Å². The number of amides is 3. The van der Waals surface area contributed by atoms with Gasteiger partial charge in [0.25, 0.3) is 5.91 Å². The molecular weight excluding hydrogens is 372 g/mol. The molecule has 0 aliphatic carbocycles. The molecule has 0 fully saturated rings. The summed E-state index contributed by atoms with van der Waals surface area (Å²) < 4.78 is 5.17. The second kappa shape index (κ2) is 10.6. The lowest BCUT2D eigenvalue weighted by Gasteiger charge is -2.29. The van der Waals surface area contributed by atoms with E-state index in [-0.39, 0.29) is 25.1 Å². The highest BCUT2D eigenvalue weighted by atomic mass is 16.5. The van der Waals surface area contributed by atoms with Crippen molar-refractivity contribution in [2.45, 2.75) is 39.7 Å². The number of carbonyl (C=O) groups excluding carboxylic acids is 3. The van der Waals surface area contributed by atoms with Gasteiger partial charge in [-0.2, -0.15) is 0 Å². The molecular formula is C21H31N4O4+. The molecule has 0 saturated carbocycles. The fraction of sp³-hybridized carbons (Fsp3) is 0.476. The van der Waals surface area contributed by atoms with E-state index >= 15 is 0 Å². The molecule has 158 valence electrons. The third kappa shape index (κ3) is 6.05. The monoisotopic (exact) mass is 403 g/mol. The van der Waals surface area contributed by atoms with Crippen molar-refractivity contribution >= 4 is 23.6 Å². The van der Waals surface area contributed by atoms with Gasteiger partial charge in [-0.25, -0.2) is 9.59 Å². The van der Waals surface area contributed by atoms with Gasteiger partial charge in [-0.15, -0.1) is 0 Å². The molecule has 8 heteroatoms. The van der Waals surface area contributed by atoms with Crippen LogP contribution in [0.2, 0.25) is 0 Å². The van der Waals surface area contributed by atoms with Gasteiger partial charge in [-0.3, -0.25) is 4.79 Å². The Morgan fingerprint density at radius 3 is 2.59 bits per heavy atom. The Morgan fingerprint density at radius 1 is 1.21 bits per heavy atom. The van der Waals surface area contributed by atoms with Crippen LogP contribution in [0.25, 0.3) is 0 Å². The summed E-state index contributed by atoms with van der Waals surface area (Å²) in [4.78, 5) is 37.8. The number of rotatable bonds is 9. The number of aryl methyl sites for hydroxylation is 1. The van der Waals surface area contributed by atoms with Crippen LogP contribution in [0.15, 0.2) is 35.5 Å². The molecule has 1 heterocycles. The molecule has 2 rings (SSSR count). The molecule has 2 atom stereocenters. The van der Waals surface area contributed by atoms with Gasteiger partial charge in [0.05, 0.1) is 31.0 Å². The molecule has 0 aromatic heterocycles. The van der Waals surface area contributed by atoms with Gasteiger partial charge in [-0.05, 0) is 31.4 Å². The van der Waals surface area contributed by atoms with Crippen molar-refractivity contribution in [1.82, 2.24) is 10.6 Å². The second-order valence-corrected chi connectivity index (χ2v) is 7.04. The molecule has 29 heavy (non-hydrogen) atoms. The predicted molar refractivity (Wildman–Crippen MR) is 110 cm³/mol. The number of para-hydroxylation sites is 1. The maximum Gasteiger partial charge on any atom is 0.338 e. The van der Waals surface area contributed by atoms with E-state index in [1.54, 1.807) is 6.92 Å². The number of carbonyl (C=O) groups is 3. The molecule has 0 bridgehead atoms. The van der Waals surface area contributed by atoms with E-state index in [0.29, 0.717) is 24.2 Å². The summed E-state index contributed by atoms with van der Waals surface area (Å²) in [6.07, 6.45) is 1.39. The van der Waals surface area contributed by atoms with Crippen molar-refractivity contribution in [3.8, 4) is 0 Å². The van der Waals surface area contributed by atoms with E-state index in [2.05, 4.69) is 16.0 Å². The molecule has 1 unspecified atom stereocenters. The van der Waals surface area contributed by atoms with Crippen molar-refractivity contribution in [3.05, 3.63) is 41.1 Å². The normalized spacial score (nSPS) is 17.2. The minimum Gasteiger partial charge on any atom is -0.463 e. The first-order valence-electron chi connectivity index (χ1n) is 10.1. The smallest absolute Gasteiger partial charge is 0.338 e. The number of ether oxygens (including phenoxy) is 1. The molecule has 8 nitrogen and oxygen atoms in total. The SMILES string of the molecule is CCOC(=O)C1=C(C[NH+](C)CC(=O)Nc2ccccc2CC)NC(=O)N[C@@H]1CC. The van der Waals surface area contributed by atoms with Gasteiger partial charge in [0.15, 0.2) is 6.54 Å². The van der Waals surface area contributed by atoms with Gasteiger partial charge < -0.3 is 25.6 Å². The fourth-order valence-corrected chi connectivity index (χ4v) is 3.38. The quantitative estimate of drug-likeness (QED) is 0.454. The number of hydrogen-bond donors (Lipinski definition) is 4. The lowest BCUT2D eigenvalue weighted by Crippen LogP contribution is -3.10. The molecule has 4 N–H and O–H groups in total. The van der Waals surface area contributed by atoms with Gasteiger partial charge in [0.2, 0.25) is 0 Å². The van der Waals surface area contributed by atoms with Crippen molar-refractivity contribution in [2.75, 3.05) is 32.1 Å². The number of urea groups is 1. The number of esters is 1. The first kappa shape index (κ1) is 22.4. The van der Waals surface area contributed by atoms with Gasteiger partial charge in [0, 0.05) is 5.69 Å². The second-order valence-electron chi connectivity index (χ2n) is 7.04. The summed E-state index contributed by atoms with van der Waals surface area (Å²) in [5, 5.41) is 8.41. The zero-order valence-electron chi connectivity index (χ0n) is 17.6. The first-order chi connectivity index (χ1) is 13.9. The Labute approximate surface area is 171 Å². The molecule has 1 aliphatic heterocycles. The van der Waals surface area contributed by atoms with Crippen LogP contribution in [0, 0.1) is 0 Å². The summed E-state index contributed by atoms with van der Waals surface area (Å²) in [5.74, 6) is -0.579. The first-order valence-corrected chi connectivity index (χ1v) is 10.1. The van der Waals surface area contributed by atoms with Crippen LogP contribution in [-0.4, -0.2) is 50.7 Å². The molecule has 1 aliphatic rings. The minimum absolute atomic E-state index is 0.131. The highest BCUT2D eigenvalue weighted by Crippen LogP contribution is 2.16. The largest absolute Gasteiger partial charge is 0.463 e. The summed E-state index contributed by atoms with van der Waals surface area (Å²) in [5.41, 5.74) is 2.80. The van der Waals surface area contributed by atoms with Crippen LogP contribution in [0.3, 0.4) is 0 Å². The van der Waals surface area contributed by atoms with E-state index in [9.17, 15) is 14.4 Å². The third-order valence-corrected chi connectivity index (χ3v) is 4.76. The molecule has 0 spiro atoms. The zero-order chi connectivity index (χ0) is 21.4. The van der Waals surface area contributed by atoms with E-state index in [0.717, 1.165) is 22.6 Å². The van der Waals surface area contributed by atoms with Crippen LogP contribution >= 0.6 is 0 Å². The van der Waals surface area contributed by atoms with Gasteiger partial charge in [-0.1, -0.05) is 32.0 Å². The highest BCUT2D eigenvalue weighted by Gasteiger charge is 2.33. The van der Waals surface area contributed by atoms with E-state index in [1.807, 2.05) is 45.2 Å². The fourth-order valence-electron chi connectivity index (χ4n) is 3.38. The minimum atomic E-state index is -0.448. The Balaban J connectivity index is 2.11. The summed E-state index contributed by atoms with van der Waals surface area (Å²) in [7, 11) is 1.84. The van der Waals surface area contributed by atoms with Crippen LogP contribution in [0.1, 0.15) is 32.8 Å². The van der Waals surface area contributed by atoms with Gasteiger partial charge >= 0.3 is 12.0 Å². The number of anilines is 1. The summed E-state index contributed by atoms with van der Waals surface area (Å²) in [6.45, 7) is 6.43. The van der Waals surface area contributed by atoms with Crippen molar-refractivity contribution in [2.24, 2.45) is 0 Å². The standard InChI is InChI=1S/C21H30N4O4/c1-5-14-10-8-9-11-16(14)22-18(26)13-25(4)12-17-19(20(27)29-7-3)15(6-2)23-21(28)24-17/h8-11,15H,5-7,12-13H2,1-4H3,(H,22,26)(H2,23,24,28)/p+1/t15-/m1/s1. The van der Waals surface area contributed by atoms with Crippen molar-refractivity contribution in [1.29, 1.82) is 0 Å². The van der Waals surface area contributed by atoms with E-state index < -0.39 is 12.0 Å². The summed E-state index contributed by atoms with van der Waals surface area (Å²) in [6, 6.07) is 6.94. The van der Waals surface area contributed by atoms with Crippen LogP contribution in [0.5, 0.6) is 0 Å². The number of benzene rings is 1. The van der Waals surface area contributed by atoms with Crippen LogP contribution in [0.4, 0.5) is 10.5 Å². The average Bonchev–Trinajstić information content (AvgIpc) is 2.67. The highest BCUT2D eigenvalue weighted by molar-refractivity contribution is 5.95. The third-order valence-electron chi connectivity index (χ3n) is 4.76. The van der Waals surface area contributed by atoms with Gasteiger partial charge in [0.1, 0.15) is 6.54 Å². The number of quaternary nitrogens is 1. The molecule has 0 radical (unpaired) electrons. The Kier molecular flexibility index (Phi) is 8.21. The topological polar surface area (TPSA) is 101 Å². The zero-order valence-corrected chi connectivity index (χ0v) is 17.6. The summed E-state index contributed by atoms with van der Waals surface area (Å²) >= 11 is 0.